The summed E-state index contributed by atoms with van der Waals surface area (Å²) in [4.78, 5) is 16.4. The third-order valence-electron chi connectivity index (χ3n) is 7.23. The van der Waals surface area contributed by atoms with Gasteiger partial charge in [-0.2, -0.15) is 0 Å². The van der Waals surface area contributed by atoms with Gasteiger partial charge in [-0.15, -0.1) is 0 Å². The number of carboxylic acids is 1. The van der Waals surface area contributed by atoms with Crippen molar-refractivity contribution in [3.8, 4) is 22.5 Å². The summed E-state index contributed by atoms with van der Waals surface area (Å²) in [6, 6.07) is 32.2. The van der Waals surface area contributed by atoms with Crippen LogP contribution in [-0.4, -0.2) is 50.8 Å². The van der Waals surface area contributed by atoms with E-state index in [1.54, 1.807) is 0 Å². The second-order valence-electron chi connectivity index (χ2n) is 9.82. The molecule has 0 unspecified atom stereocenters. The molecule has 190 valence electrons. The number of pyridine rings is 1. The quantitative estimate of drug-likeness (QED) is 0.225. The van der Waals surface area contributed by atoms with Crippen LogP contribution in [0.25, 0.3) is 22.5 Å². The standard InChI is InChI=1S/C32H27N3O3.Na.H/c1-21-29(34-28-9-5-8-27(33-28)20-22-6-3-2-4-7-22)30(38-35-21)25-12-10-23(11-13-25)24-14-16-26(17-15-24)32(18-19-32)31(36)37;;/h2-17H,18-20H2,1H3,(H,33,34)(H,36,37);;. The summed E-state index contributed by atoms with van der Waals surface area (Å²) in [5.41, 5.74) is 6.89. The number of aliphatic carboxylic acids is 1. The van der Waals surface area contributed by atoms with E-state index >= 15 is 0 Å². The number of carboxylic acid groups (broad SMARTS) is 1. The van der Waals surface area contributed by atoms with Gasteiger partial charge < -0.3 is 14.9 Å². The fraction of sp³-hybridized carbons (Fsp3) is 0.156. The van der Waals surface area contributed by atoms with E-state index in [1.807, 2.05) is 91.9 Å². The van der Waals surface area contributed by atoms with Crippen LogP contribution in [0.15, 0.2) is 102 Å². The molecule has 0 spiro atoms. The Kier molecular flexibility index (Phi) is 7.71. The first-order valence-electron chi connectivity index (χ1n) is 12.7. The number of hydrogen-bond acceptors (Lipinski definition) is 5. The molecule has 0 radical (unpaired) electrons. The first-order valence-corrected chi connectivity index (χ1v) is 12.7. The van der Waals surface area contributed by atoms with E-state index in [1.165, 1.54) is 5.56 Å². The molecule has 3 aromatic carbocycles. The van der Waals surface area contributed by atoms with Gasteiger partial charge in [0.15, 0.2) is 5.76 Å². The second kappa shape index (κ2) is 11.2. The van der Waals surface area contributed by atoms with Crippen molar-refractivity contribution >= 4 is 47.0 Å². The van der Waals surface area contributed by atoms with E-state index in [0.29, 0.717) is 18.6 Å². The molecular weight excluding hydrogens is 497 g/mol. The van der Waals surface area contributed by atoms with Crippen molar-refractivity contribution in [2.45, 2.75) is 31.6 Å². The summed E-state index contributed by atoms with van der Waals surface area (Å²) < 4.78 is 5.71. The predicted octanol–water partition coefficient (Wildman–Crippen LogP) is 6.51. The molecule has 5 aromatic rings. The molecule has 0 aliphatic heterocycles. The third kappa shape index (κ3) is 5.55. The van der Waals surface area contributed by atoms with Crippen molar-refractivity contribution in [2.24, 2.45) is 0 Å². The molecule has 2 aromatic heterocycles. The van der Waals surface area contributed by atoms with E-state index in [4.69, 9.17) is 9.51 Å². The first-order chi connectivity index (χ1) is 18.5. The van der Waals surface area contributed by atoms with Gasteiger partial charge in [-0.25, -0.2) is 4.98 Å². The number of rotatable bonds is 8. The molecule has 2 heterocycles. The van der Waals surface area contributed by atoms with Crippen molar-refractivity contribution < 1.29 is 14.4 Å². The maximum atomic E-state index is 11.6. The number of hydrogen-bond donors (Lipinski definition) is 2. The fourth-order valence-corrected chi connectivity index (χ4v) is 4.84. The van der Waals surface area contributed by atoms with Gasteiger partial charge in [0.2, 0.25) is 0 Å². The van der Waals surface area contributed by atoms with Crippen LogP contribution >= 0.6 is 0 Å². The Hall–Kier alpha value is -3.71. The SMILES string of the molecule is Cc1noc(-c2ccc(-c3ccc(C4(C(=O)O)CC4)cc3)cc2)c1Nc1cccc(Cc2ccccc2)n1.[NaH]. The molecular formula is C32H28N3NaO3. The van der Waals surface area contributed by atoms with Gasteiger partial charge in [0.05, 0.1) is 5.41 Å². The summed E-state index contributed by atoms with van der Waals surface area (Å²) >= 11 is 0. The van der Waals surface area contributed by atoms with E-state index in [9.17, 15) is 9.90 Å². The van der Waals surface area contributed by atoms with Gasteiger partial charge in [-0.05, 0) is 54.2 Å². The minimum absolute atomic E-state index is 0. The Bertz CT molecular complexity index is 1590. The second-order valence-corrected chi connectivity index (χ2v) is 9.82. The van der Waals surface area contributed by atoms with E-state index in [-0.39, 0.29) is 29.6 Å². The van der Waals surface area contributed by atoms with Gasteiger partial charge >= 0.3 is 35.5 Å². The van der Waals surface area contributed by atoms with Crippen molar-refractivity contribution in [2.75, 3.05) is 5.32 Å². The zero-order chi connectivity index (χ0) is 26.1. The van der Waals surface area contributed by atoms with Crippen LogP contribution in [0.4, 0.5) is 11.5 Å². The number of benzene rings is 3. The fourth-order valence-electron chi connectivity index (χ4n) is 4.84. The van der Waals surface area contributed by atoms with Crippen LogP contribution in [0.3, 0.4) is 0 Å². The monoisotopic (exact) mass is 525 g/mol. The van der Waals surface area contributed by atoms with Crippen molar-refractivity contribution in [3.05, 3.63) is 120 Å². The number of nitrogens with one attached hydrogen (secondary N) is 1. The van der Waals surface area contributed by atoms with E-state index < -0.39 is 11.4 Å². The zero-order valence-electron chi connectivity index (χ0n) is 21.0. The summed E-state index contributed by atoms with van der Waals surface area (Å²) in [5.74, 6) is 0.647. The molecule has 2 N–H and O–H groups in total. The van der Waals surface area contributed by atoms with Crippen LogP contribution in [-0.2, 0) is 16.6 Å². The molecule has 1 aliphatic rings. The molecule has 39 heavy (non-hydrogen) atoms. The Morgan fingerprint density at radius 2 is 1.51 bits per heavy atom. The molecule has 0 atom stereocenters. The van der Waals surface area contributed by atoms with Gasteiger partial charge in [0, 0.05) is 17.7 Å². The summed E-state index contributed by atoms with van der Waals surface area (Å²) in [6.07, 6.45) is 2.16. The number of carbonyl (C=O) groups is 1. The third-order valence-corrected chi connectivity index (χ3v) is 7.23. The molecule has 1 saturated carbocycles. The number of aromatic nitrogens is 2. The van der Waals surface area contributed by atoms with Crippen molar-refractivity contribution in [1.29, 1.82) is 0 Å². The van der Waals surface area contributed by atoms with Gasteiger partial charge in [0.25, 0.3) is 0 Å². The Morgan fingerprint density at radius 3 is 2.15 bits per heavy atom. The molecule has 1 fully saturated rings. The summed E-state index contributed by atoms with van der Waals surface area (Å²) in [7, 11) is 0. The van der Waals surface area contributed by atoms with Gasteiger partial charge in [-0.3, -0.25) is 4.79 Å². The number of aryl methyl sites for hydroxylation is 1. The zero-order valence-corrected chi connectivity index (χ0v) is 21.0. The Balaban J connectivity index is 0.00000308. The Morgan fingerprint density at radius 1 is 0.872 bits per heavy atom. The molecule has 0 amide bonds. The molecule has 6 rings (SSSR count). The van der Waals surface area contributed by atoms with Crippen LogP contribution < -0.4 is 5.32 Å². The van der Waals surface area contributed by atoms with Crippen LogP contribution in [0.1, 0.15) is 35.4 Å². The molecule has 0 bridgehead atoms. The van der Waals surface area contributed by atoms with Crippen LogP contribution in [0.5, 0.6) is 0 Å². The molecule has 6 nitrogen and oxygen atoms in total. The molecule has 0 saturated heterocycles. The minimum atomic E-state index is -0.737. The number of nitrogens with zero attached hydrogens (tertiary/aromatic N) is 2. The first kappa shape index (κ1) is 26.9. The molecule has 1 aliphatic carbocycles. The van der Waals surface area contributed by atoms with E-state index in [2.05, 4.69) is 22.6 Å². The normalized spacial score (nSPS) is 13.4. The van der Waals surface area contributed by atoms with Crippen molar-refractivity contribution in [1.82, 2.24) is 10.1 Å². The van der Waals surface area contributed by atoms with Crippen molar-refractivity contribution in [3.63, 3.8) is 0 Å². The maximum absolute atomic E-state index is 11.6. The van der Waals surface area contributed by atoms with Gasteiger partial charge in [-0.1, -0.05) is 90.1 Å². The van der Waals surface area contributed by atoms with Crippen LogP contribution in [0, 0.1) is 6.92 Å². The summed E-state index contributed by atoms with van der Waals surface area (Å²) in [5, 5.41) is 17.2. The topological polar surface area (TPSA) is 88.2 Å². The van der Waals surface area contributed by atoms with Crippen LogP contribution in [0.2, 0.25) is 0 Å². The van der Waals surface area contributed by atoms with Gasteiger partial charge in [0.1, 0.15) is 17.2 Å². The summed E-state index contributed by atoms with van der Waals surface area (Å²) in [6.45, 7) is 1.91. The average Bonchev–Trinajstić information content (AvgIpc) is 3.69. The average molecular weight is 526 g/mol. The Labute approximate surface area is 249 Å². The predicted molar refractivity (Wildman–Crippen MR) is 155 cm³/mol. The molecule has 7 heteroatoms. The number of anilines is 2. The van der Waals surface area contributed by atoms with E-state index in [0.717, 1.165) is 51.6 Å².